The lowest BCUT2D eigenvalue weighted by atomic mass is 10.2. The van der Waals surface area contributed by atoms with Gasteiger partial charge in [0, 0.05) is 18.1 Å². The molecule has 0 aliphatic carbocycles. The summed E-state index contributed by atoms with van der Waals surface area (Å²) in [7, 11) is 1.79. The first-order valence-electron chi connectivity index (χ1n) is 5.33. The van der Waals surface area contributed by atoms with Crippen molar-refractivity contribution < 1.29 is 4.79 Å². The van der Waals surface area contributed by atoms with Gasteiger partial charge >= 0.3 is 6.03 Å². The molecule has 3 nitrogen and oxygen atoms in total. The first-order valence-corrected chi connectivity index (χ1v) is 6.12. The van der Waals surface area contributed by atoms with Crippen molar-refractivity contribution in [3.63, 3.8) is 0 Å². The second-order valence-electron chi connectivity index (χ2n) is 3.84. The molecular formula is C12H17BrN2O. The molecule has 16 heavy (non-hydrogen) atoms. The predicted octanol–water partition coefficient (Wildman–Crippen LogP) is 3.63. The Morgan fingerprint density at radius 2 is 2.19 bits per heavy atom. The summed E-state index contributed by atoms with van der Waals surface area (Å²) >= 11 is 3.43. The second kappa shape index (κ2) is 5.89. The Labute approximate surface area is 105 Å². The van der Waals surface area contributed by atoms with Crippen molar-refractivity contribution in [1.29, 1.82) is 0 Å². The van der Waals surface area contributed by atoms with Gasteiger partial charge in [-0.15, -0.1) is 0 Å². The van der Waals surface area contributed by atoms with Crippen molar-refractivity contribution in [3.8, 4) is 0 Å². The summed E-state index contributed by atoms with van der Waals surface area (Å²) in [5.41, 5.74) is 1.96. The van der Waals surface area contributed by atoms with Gasteiger partial charge in [0.25, 0.3) is 0 Å². The van der Waals surface area contributed by atoms with E-state index in [2.05, 4.69) is 21.2 Å². The van der Waals surface area contributed by atoms with Crippen LogP contribution >= 0.6 is 15.9 Å². The Hall–Kier alpha value is -1.03. The summed E-state index contributed by atoms with van der Waals surface area (Å²) in [6, 6.07) is 5.78. The number of anilines is 1. The number of amides is 2. The van der Waals surface area contributed by atoms with Crippen molar-refractivity contribution in [3.05, 3.63) is 28.2 Å². The Morgan fingerprint density at radius 1 is 1.50 bits per heavy atom. The van der Waals surface area contributed by atoms with E-state index in [1.54, 1.807) is 11.9 Å². The second-order valence-corrected chi connectivity index (χ2v) is 4.69. The van der Waals surface area contributed by atoms with Gasteiger partial charge in [0.15, 0.2) is 0 Å². The number of halogens is 1. The van der Waals surface area contributed by atoms with Crippen LogP contribution < -0.4 is 5.32 Å². The number of carbonyl (C=O) groups excluding carboxylic acids is 1. The molecule has 1 aromatic carbocycles. The molecular weight excluding hydrogens is 268 g/mol. The van der Waals surface area contributed by atoms with Crippen LogP contribution in [0, 0.1) is 6.92 Å². The lowest BCUT2D eigenvalue weighted by Gasteiger charge is -2.17. The number of carbonyl (C=O) groups is 1. The first-order chi connectivity index (χ1) is 7.54. The third-order valence-electron chi connectivity index (χ3n) is 2.27. The van der Waals surface area contributed by atoms with E-state index in [-0.39, 0.29) is 6.03 Å². The molecule has 0 atom stereocenters. The van der Waals surface area contributed by atoms with Gasteiger partial charge in [-0.05, 0) is 47.0 Å². The van der Waals surface area contributed by atoms with Crippen LogP contribution in [0.2, 0.25) is 0 Å². The summed E-state index contributed by atoms with van der Waals surface area (Å²) in [5.74, 6) is 0. The lowest BCUT2D eigenvalue weighted by Crippen LogP contribution is -2.31. The molecule has 1 aromatic rings. The largest absolute Gasteiger partial charge is 0.328 e. The van der Waals surface area contributed by atoms with Crippen LogP contribution in [-0.4, -0.2) is 24.5 Å². The molecule has 0 aliphatic rings. The fourth-order valence-electron chi connectivity index (χ4n) is 1.37. The van der Waals surface area contributed by atoms with Crippen LogP contribution in [0.5, 0.6) is 0 Å². The van der Waals surface area contributed by atoms with Crippen LogP contribution in [0.3, 0.4) is 0 Å². The number of benzene rings is 1. The van der Waals surface area contributed by atoms with E-state index >= 15 is 0 Å². The standard InChI is InChI=1S/C12H17BrN2O/c1-4-7-15(3)12(16)14-11-6-5-9(2)8-10(11)13/h5-6,8H,4,7H2,1-3H3,(H,14,16). The first kappa shape index (κ1) is 13.0. The molecule has 0 saturated carbocycles. The van der Waals surface area contributed by atoms with Gasteiger partial charge in [-0.2, -0.15) is 0 Å². The van der Waals surface area contributed by atoms with Crippen LogP contribution in [0.15, 0.2) is 22.7 Å². The minimum absolute atomic E-state index is 0.0774. The highest BCUT2D eigenvalue weighted by Gasteiger charge is 2.09. The number of aryl methyl sites for hydroxylation is 1. The fraction of sp³-hybridized carbons (Fsp3) is 0.417. The van der Waals surface area contributed by atoms with E-state index in [0.29, 0.717) is 0 Å². The van der Waals surface area contributed by atoms with Crippen molar-refractivity contribution in [2.75, 3.05) is 18.9 Å². The summed E-state index contributed by atoms with van der Waals surface area (Å²) in [6.45, 7) is 4.82. The number of rotatable bonds is 3. The molecule has 0 fully saturated rings. The number of nitrogens with zero attached hydrogens (tertiary/aromatic N) is 1. The van der Waals surface area contributed by atoms with Crippen molar-refractivity contribution in [2.45, 2.75) is 20.3 Å². The van der Waals surface area contributed by atoms with Gasteiger partial charge < -0.3 is 10.2 Å². The SMILES string of the molecule is CCCN(C)C(=O)Nc1ccc(C)cc1Br. The topological polar surface area (TPSA) is 32.3 Å². The van der Waals surface area contributed by atoms with E-state index in [1.165, 1.54) is 0 Å². The van der Waals surface area contributed by atoms with Gasteiger partial charge in [0.1, 0.15) is 0 Å². The van der Waals surface area contributed by atoms with Gasteiger partial charge in [0.2, 0.25) is 0 Å². The Kier molecular flexibility index (Phi) is 4.80. The maximum Gasteiger partial charge on any atom is 0.321 e. The molecule has 0 bridgehead atoms. The molecule has 0 aliphatic heterocycles. The van der Waals surface area contributed by atoms with Crippen molar-refractivity contribution >= 4 is 27.6 Å². The maximum atomic E-state index is 11.7. The Balaban J connectivity index is 2.69. The zero-order valence-corrected chi connectivity index (χ0v) is 11.5. The molecule has 4 heteroatoms. The lowest BCUT2D eigenvalue weighted by molar-refractivity contribution is 0.222. The zero-order chi connectivity index (χ0) is 12.1. The van der Waals surface area contributed by atoms with E-state index in [4.69, 9.17) is 0 Å². The fourth-order valence-corrected chi connectivity index (χ4v) is 1.96. The highest BCUT2D eigenvalue weighted by atomic mass is 79.9. The summed E-state index contributed by atoms with van der Waals surface area (Å²) in [4.78, 5) is 13.4. The third kappa shape index (κ3) is 3.52. The molecule has 0 saturated heterocycles. The number of hydrogen-bond donors (Lipinski definition) is 1. The maximum absolute atomic E-state index is 11.7. The Bertz CT molecular complexity index is 379. The molecule has 2 amide bonds. The van der Waals surface area contributed by atoms with Gasteiger partial charge in [-0.1, -0.05) is 13.0 Å². The molecule has 1 N–H and O–H groups in total. The number of hydrogen-bond acceptors (Lipinski definition) is 1. The summed E-state index contributed by atoms with van der Waals surface area (Å²) in [5, 5.41) is 2.86. The average molecular weight is 285 g/mol. The molecule has 0 heterocycles. The highest BCUT2D eigenvalue weighted by molar-refractivity contribution is 9.10. The third-order valence-corrected chi connectivity index (χ3v) is 2.93. The molecule has 1 rings (SSSR count). The van der Waals surface area contributed by atoms with E-state index in [0.717, 1.165) is 28.7 Å². The van der Waals surface area contributed by atoms with E-state index in [1.807, 2.05) is 32.0 Å². The van der Waals surface area contributed by atoms with Crippen molar-refractivity contribution in [1.82, 2.24) is 4.90 Å². The monoisotopic (exact) mass is 284 g/mol. The molecule has 88 valence electrons. The van der Waals surface area contributed by atoms with Crippen LogP contribution in [0.25, 0.3) is 0 Å². The summed E-state index contributed by atoms with van der Waals surface area (Å²) < 4.78 is 0.908. The minimum Gasteiger partial charge on any atom is -0.328 e. The van der Waals surface area contributed by atoms with E-state index < -0.39 is 0 Å². The van der Waals surface area contributed by atoms with Crippen LogP contribution in [0.4, 0.5) is 10.5 Å². The van der Waals surface area contributed by atoms with E-state index in [9.17, 15) is 4.79 Å². The highest BCUT2D eigenvalue weighted by Crippen LogP contribution is 2.23. The van der Waals surface area contributed by atoms with Crippen molar-refractivity contribution in [2.24, 2.45) is 0 Å². The van der Waals surface area contributed by atoms with Crippen LogP contribution in [-0.2, 0) is 0 Å². The minimum atomic E-state index is -0.0774. The molecule has 0 unspecified atom stereocenters. The smallest absolute Gasteiger partial charge is 0.321 e. The number of urea groups is 1. The number of nitrogens with one attached hydrogen (secondary N) is 1. The molecule has 0 radical (unpaired) electrons. The average Bonchev–Trinajstić information content (AvgIpc) is 2.22. The Morgan fingerprint density at radius 3 is 2.75 bits per heavy atom. The quantitative estimate of drug-likeness (QED) is 0.903. The van der Waals surface area contributed by atoms with Gasteiger partial charge in [-0.3, -0.25) is 0 Å². The predicted molar refractivity (Wildman–Crippen MR) is 70.8 cm³/mol. The molecule has 0 spiro atoms. The van der Waals surface area contributed by atoms with Gasteiger partial charge in [-0.25, -0.2) is 4.79 Å². The normalized spacial score (nSPS) is 10.0. The summed E-state index contributed by atoms with van der Waals surface area (Å²) in [6.07, 6.45) is 0.957. The van der Waals surface area contributed by atoms with Gasteiger partial charge in [0.05, 0.1) is 5.69 Å². The molecule has 0 aromatic heterocycles. The van der Waals surface area contributed by atoms with Crippen LogP contribution in [0.1, 0.15) is 18.9 Å². The zero-order valence-electron chi connectivity index (χ0n) is 9.88.